The second-order valence-corrected chi connectivity index (χ2v) is 9.82. The molecular weight excluding hydrogens is 332 g/mol. The molecule has 2 atom stereocenters. The summed E-state index contributed by atoms with van der Waals surface area (Å²) in [6.45, 7) is 2.00. The Hall–Kier alpha value is -1.34. The number of para-hydroxylation sites is 1. The van der Waals surface area contributed by atoms with Gasteiger partial charge >= 0.3 is 0 Å². The number of amidine groups is 1. The van der Waals surface area contributed by atoms with E-state index in [4.69, 9.17) is 0 Å². The van der Waals surface area contributed by atoms with Crippen molar-refractivity contribution < 1.29 is 13.2 Å². The first-order chi connectivity index (χ1) is 10.9. The highest BCUT2D eigenvalue weighted by atomic mass is 32.2. The molecule has 1 saturated carbocycles. The van der Waals surface area contributed by atoms with Crippen molar-refractivity contribution >= 4 is 38.4 Å². The van der Waals surface area contributed by atoms with E-state index in [9.17, 15) is 13.2 Å². The van der Waals surface area contributed by atoms with E-state index in [1.807, 2.05) is 36.1 Å². The number of carbonyl (C=O) groups is 1. The SMILES string of the molecule is Cc1ccccc1N1C(=NC(=O)C2CC2)SC2CS(=O)(=O)CC21. The highest BCUT2D eigenvalue weighted by Crippen LogP contribution is 2.42. The number of rotatable bonds is 2. The number of nitrogens with zero attached hydrogens (tertiary/aromatic N) is 2. The van der Waals surface area contributed by atoms with Crippen molar-refractivity contribution in [2.24, 2.45) is 10.9 Å². The summed E-state index contributed by atoms with van der Waals surface area (Å²) in [6, 6.07) is 7.73. The van der Waals surface area contributed by atoms with Gasteiger partial charge in [0.1, 0.15) is 0 Å². The van der Waals surface area contributed by atoms with Gasteiger partial charge < -0.3 is 4.90 Å². The highest BCUT2D eigenvalue weighted by Gasteiger charge is 2.49. The van der Waals surface area contributed by atoms with Gasteiger partial charge in [-0.15, -0.1) is 0 Å². The van der Waals surface area contributed by atoms with E-state index >= 15 is 0 Å². The molecule has 23 heavy (non-hydrogen) atoms. The van der Waals surface area contributed by atoms with Gasteiger partial charge in [-0.3, -0.25) is 4.79 Å². The second kappa shape index (κ2) is 5.34. The summed E-state index contributed by atoms with van der Waals surface area (Å²) in [7, 11) is -3.02. The zero-order valence-corrected chi connectivity index (χ0v) is 14.4. The van der Waals surface area contributed by atoms with E-state index in [1.54, 1.807) is 0 Å². The van der Waals surface area contributed by atoms with Crippen molar-refractivity contribution in [3.63, 3.8) is 0 Å². The first-order valence-electron chi connectivity index (χ1n) is 7.79. The Morgan fingerprint density at radius 2 is 2.00 bits per heavy atom. The predicted molar refractivity (Wildman–Crippen MR) is 92.6 cm³/mol. The molecule has 7 heteroatoms. The molecule has 1 amide bonds. The van der Waals surface area contributed by atoms with Gasteiger partial charge in [0, 0.05) is 16.9 Å². The third kappa shape index (κ3) is 2.80. The Morgan fingerprint density at radius 3 is 2.70 bits per heavy atom. The fraction of sp³-hybridized carbons (Fsp3) is 0.500. The van der Waals surface area contributed by atoms with E-state index in [0.29, 0.717) is 5.17 Å². The molecule has 2 saturated heterocycles. The molecule has 2 aliphatic heterocycles. The van der Waals surface area contributed by atoms with Crippen LogP contribution in [0.3, 0.4) is 0 Å². The summed E-state index contributed by atoms with van der Waals surface area (Å²) in [5.74, 6) is 0.316. The minimum Gasteiger partial charge on any atom is -0.315 e. The molecule has 0 radical (unpaired) electrons. The molecule has 0 N–H and O–H groups in total. The fourth-order valence-corrected chi connectivity index (χ4v) is 7.11. The standard InChI is InChI=1S/C16H18N2O3S2/c1-10-4-2-3-5-12(10)18-13-8-23(20,21)9-14(13)22-16(18)17-15(19)11-6-7-11/h2-5,11,13-14H,6-9H2,1H3. The molecule has 2 unspecified atom stereocenters. The lowest BCUT2D eigenvalue weighted by molar-refractivity contribution is -0.118. The van der Waals surface area contributed by atoms with Crippen LogP contribution in [0.15, 0.2) is 29.3 Å². The number of anilines is 1. The number of benzene rings is 1. The van der Waals surface area contributed by atoms with Gasteiger partial charge in [-0.05, 0) is 31.4 Å². The summed E-state index contributed by atoms with van der Waals surface area (Å²) in [5, 5.41) is 0.631. The monoisotopic (exact) mass is 350 g/mol. The van der Waals surface area contributed by atoms with Gasteiger partial charge in [-0.25, -0.2) is 8.42 Å². The zero-order chi connectivity index (χ0) is 16.2. The van der Waals surface area contributed by atoms with Crippen molar-refractivity contribution in [1.82, 2.24) is 0 Å². The number of hydrogen-bond acceptors (Lipinski definition) is 4. The van der Waals surface area contributed by atoms with Crippen LogP contribution in [0.2, 0.25) is 0 Å². The summed E-state index contributed by atoms with van der Waals surface area (Å²) in [4.78, 5) is 18.4. The topological polar surface area (TPSA) is 66.8 Å². The molecule has 1 aliphatic carbocycles. The lowest BCUT2D eigenvalue weighted by Crippen LogP contribution is -2.38. The van der Waals surface area contributed by atoms with E-state index in [-0.39, 0.29) is 34.6 Å². The third-order valence-corrected chi connectivity index (χ3v) is 7.78. The summed E-state index contributed by atoms with van der Waals surface area (Å²) < 4.78 is 24.0. The van der Waals surface area contributed by atoms with Gasteiger partial charge in [0.15, 0.2) is 15.0 Å². The molecule has 0 bridgehead atoms. The number of fused-ring (bicyclic) bond motifs is 1. The smallest absolute Gasteiger partial charge is 0.251 e. The van der Waals surface area contributed by atoms with Crippen molar-refractivity contribution in [3.8, 4) is 0 Å². The van der Waals surface area contributed by atoms with Crippen LogP contribution in [0.25, 0.3) is 0 Å². The van der Waals surface area contributed by atoms with Gasteiger partial charge in [-0.1, -0.05) is 30.0 Å². The van der Waals surface area contributed by atoms with Crippen molar-refractivity contribution in [3.05, 3.63) is 29.8 Å². The number of aliphatic imine (C=N–C) groups is 1. The fourth-order valence-electron chi connectivity index (χ4n) is 3.20. The number of hydrogen-bond donors (Lipinski definition) is 0. The number of thioether (sulfide) groups is 1. The number of sulfone groups is 1. The summed E-state index contributed by atoms with van der Waals surface area (Å²) >= 11 is 1.44. The average molecular weight is 350 g/mol. The number of amides is 1. The van der Waals surface area contributed by atoms with Crippen LogP contribution in [0.1, 0.15) is 18.4 Å². The second-order valence-electron chi connectivity index (χ2n) is 6.46. The summed E-state index contributed by atoms with van der Waals surface area (Å²) in [5.41, 5.74) is 2.01. The molecule has 1 aromatic carbocycles. The maximum Gasteiger partial charge on any atom is 0.251 e. The van der Waals surface area contributed by atoms with E-state index < -0.39 is 9.84 Å². The molecule has 1 aromatic rings. The minimum absolute atomic E-state index is 0.0367. The Balaban J connectivity index is 1.75. The van der Waals surface area contributed by atoms with Crippen molar-refractivity contribution in [2.45, 2.75) is 31.1 Å². The lowest BCUT2D eigenvalue weighted by Gasteiger charge is -2.26. The Labute approximate surface area is 140 Å². The van der Waals surface area contributed by atoms with Crippen LogP contribution >= 0.6 is 11.8 Å². The average Bonchev–Trinajstić information content (AvgIpc) is 3.22. The van der Waals surface area contributed by atoms with E-state index in [2.05, 4.69) is 4.99 Å². The molecule has 0 aromatic heterocycles. The number of aryl methyl sites for hydroxylation is 1. The van der Waals surface area contributed by atoms with Crippen LogP contribution in [0.4, 0.5) is 5.69 Å². The molecule has 4 rings (SSSR count). The normalized spacial score (nSPS) is 30.7. The zero-order valence-electron chi connectivity index (χ0n) is 12.8. The Bertz CT molecular complexity index is 799. The first-order valence-corrected chi connectivity index (χ1v) is 10.5. The van der Waals surface area contributed by atoms with Gasteiger partial charge in [0.2, 0.25) is 0 Å². The van der Waals surface area contributed by atoms with Gasteiger partial charge in [0.25, 0.3) is 5.91 Å². The maximum atomic E-state index is 12.1. The van der Waals surface area contributed by atoms with Gasteiger partial charge in [0.05, 0.1) is 17.5 Å². The van der Waals surface area contributed by atoms with Crippen LogP contribution in [-0.4, -0.2) is 42.3 Å². The molecule has 3 fully saturated rings. The molecule has 5 nitrogen and oxygen atoms in total. The molecule has 2 heterocycles. The van der Waals surface area contributed by atoms with Crippen molar-refractivity contribution in [1.29, 1.82) is 0 Å². The van der Waals surface area contributed by atoms with Crippen molar-refractivity contribution in [2.75, 3.05) is 16.4 Å². The Morgan fingerprint density at radius 1 is 1.26 bits per heavy atom. The Kier molecular flexibility index (Phi) is 3.53. The van der Waals surface area contributed by atoms with Crippen LogP contribution in [0.5, 0.6) is 0 Å². The van der Waals surface area contributed by atoms with Gasteiger partial charge in [-0.2, -0.15) is 4.99 Å². The maximum absolute atomic E-state index is 12.1. The first kappa shape index (κ1) is 15.2. The third-order valence-electron chi connectivity index (χ3n) is 4.57. The van der Waals surface area contributed by atoms with E-state index in [1.165, 1.54) is 11.8 Å². The van der Waals surface area contributed by atoms with Crippen LogP contribution in [-0.2, 0) is 14.6 Å². The highest BCUT2D eigenvalue weighted by molar-refractivity contribution is 8.16. The van der Waals surface area contributed by atoms with Crippen LogP contribution in [0, 0.1) is 12.8 Å². The van der Waals surface area contributed by atoms with Crippen LogP contribution < -0.4 is 4.90 Å². The molecule has 122 valence electrons. The lowest BCUT2D eigenvalue weighted by atomic mass is 10.1. The molecule has 3 aliphatic rings. The van der Waals surface area contributed by atoms with E-state index in [0.717, 1.165) is 24.1 Å². The molecular formula is C16H18N2O3S2. The molecule has 0 spiro atoms. The minimum atomic E-state index is -3.02. The predicted octanol–water partition coefficient (Wildman–Crippen LogP) is 2.01. The quantitative estimate of drug-likeness (QED) is 0.816. The largest absolute Gasteiger partial charge is 0.315 e. The number of carbonyl (C=O) groups excluding carboxylic acids is 1. The summed E-state index contributed by atoms with van der Waals surface area (Å²) in [6.07, 6.45) is 1.85.